The van der Waals surface area contributed by atoms with Crippen molar-refractivity contribution in [2.45, 2.75) is 19.9 Å². The van der Waals surface area contributed by atoms with Gasteiger partial charge in [0.05, 0.1) is 6.04 Å². The molecule has 0 heterocycles. The summed E-state index contributed by atoms with van der Waals surface area (Å²) < 4.78 is 0. The highest BCUT2D eigenvalue weighted by molar-refractivity contribution is 6.00. The zero-order valence-corrected chi connectivity index (χ0v) is 7.37. The molecule has 0 saturated heterocycles. The van der Waals surface area contributed by atoms with Gasteiger partial charge in [-0.25, -0.2) is 0 Å². The first-order valence-corrected chi connectivity index (χ1v) is 3.98. The smallest absolute Gasteiger partial charge is 0.179 e. The van der Waals surface area contributed by atoms with Crippen LogP contribution in [0.1, 0.15) is 22.8 Å². The van der Waals surface area contributed by atoms with Crippen LogP contribution < -0.4 is 5.73 Å². The number of carbonyl (C=O) groups is 1. The molecule has 2 N–H and O–H groups in total. The number of nitrogens with two attached hydrogens (primary N) is 1. The molecule has 0 aromatic heterocycles. The summed E-state index contributed by atoms with van der Waals surface area (Å²) in [7, 11) is 0. The Bertz CT molecular complexity index is 292. The Hall–Kier alpha value is -1.15. The van der Waals surface area contributed by atoms with Crippen LogP contribution in [0.2, 0.25) is 0 Å². The van der Waals surface area contributed by atoms with Crippen molar-refractivity contribution in [3.8, 4) is 0 Å². The van der Waals surface area contributed by atoms with E-state index in [-0.39, 0.29) is 5.78 Å². The lowest BCUT2D eigenvalue weighted by atomic mass is 10.0. The monoisotopic (exact) mass is 163 g/mol. The summed E-state index contributed by atoms with van der Waals surface area (Å²) >= 11 is 0. The Morgan fingerprint density at radius 3 is 2.50 bits per heavy atom. The summed E-state index contributed by atoms with van der Waals surface area (Å²) in [6.07, 6.45) is 0. The maximum Gasteiger partial charge on any atom is 0.179 e. The van der Waals surface area contributed by atoms with Crippen molar-refractivity contribution >= 4 is 5.78 Å². The number of carbonyl (C=O) groups excluding carboxylic acids is 1. The number of benzene rings is 1. The fourth-order valence-corrected chi connectivity index (χ4v) is 1.09. The molecule has 0 saturated carbocycles. The van der Waals surface area contributed by atoms with Crippen LogP contribution in [-0.4, -0.2) is 11.8 Å². The predicted molar refractivity (Wildman–Crippen MR) is 49.2 cm³/mol. The molecule has 0 fully saturated rings. The van der Waals surface area contributed by atoms with Crippen LogP contribution in [-0.2, 0) is 0 Å². The maximum atomic E-state index is 11.4. The van der Waals surface area contributed by atoms with E-state index in [1.807, 2.05) is 25.1 Å². The summed E-state index contributed by atoms with van der Waals surface area (Å²) in [5.41, 5.74) is 7.20. The van der Waals surface area contributed by atoms with Crippen LogP contribution in [0.5, 0.6) is 0 Å². The third-order valence-corrected chi connectivity index (χ3v) is 1.82. The van der Waals surface area contributed by atoms with Crippen LogP contribution in [0.15, 0.2) is 24.3 Å². The van der Waals surface area contributed by atoms with Crippen LogP contribution >= 0.6 is 0 Å². The second-order valence-electron chi connectivity index (χ2n) is 2.97. The molecule has 1 aromatic rings. The first-order valence-electron chi connectivity index (χ1n) is 3.98. The third kappa shape index (κ3) is 1.71. The zero-order chi connectivity index (χ0) is 9.14. The van der Waals surface area contributed by atoms with Crippen molar-refractivity contribution in [3.63, 3.8) is 0 Å². The molecule has 1 atom stereocenters. The van der Waals surface area contributed by atoms with Gasteiger partial charge in [-0.1, -0.05) is 24.3 Å². The molecule has 0 radical (unpaired) electrons. The van der Waals surface area contributed by atoms with Gasteiger partial charge in [0.2, 0.25) is 0 Å². The van der Waals surface area contributed by atoms with Gasteiger partial charge in [0.25, 0.3) is 0 Å². The largest absolute Gasteiger partial charge is 0.321 e. The van der Waals surface area contributed by atoms with Crippen LogP contribution in [0, 0.1) is 6.92 Å². The maximum absolute atomic E-state index is 11.4. The molecule has 0 amide bonds. The number of Topliss-reactive ketones (excluding diaryl/α,β-unsaturated/α-hetero) is 1. The van der Waals surface area contributed by atoms with Crippen molar-refractivity contribution in [2.24, 2.45) is 5.73 Å². The third-order valence-electron chi connectivity index (χ3n) is 1.82. The molecule has 1 unspecified atom stereocenters. The standard InChI is InChI=1S/C10H13NO/c1-7-5-3-4-6-9(7)10(12)8(2)11/h3-6,8H,11H2,1-2H3. The highest BCUT2D eigenvalue weighted by atomic mass is 16.1. The molecule has 0 spiro atoms. The molecule has 1 rings (SSSR count). The Morgan fingerprint density at radius 2 is 2.00 bits per heavy atom. The van der Waals surface area contributed by atoms with E-state index < -0.39 is 6.04 Å². The Kier molecular flexibility index (Phi) is 2.61. The minimum absolute atomic E-state index is 0.00750. The quantitative estimate of drug-likeness (QED) is 0.672. The summed E-state index contributed by atoms with van der Waals surface area (Å²) in [6, 6.07) is 7.07. The molecule has 12 heavy (non-hydrogen) atoms. The van der Waals surface area contributed by atoms with E-state index in [0.717, 1.165) is 11.1 Å². The average Bonchev–Trinajstić information content (AvgIpc) is 2.04. The molecule has 0 aliphatic heterocycles. The molecule has 0 aliphatic rings. The van der Waals surface area contributed by atoms with Crippen molar-refractivity contribution < 1.29 is 4.79 Å². The topological polar surface area (TPSA) is 43.1 Å². The minimum Gasteiger partial charge on any atom is -0.321 e. The normalized spacial score (nSPS) is 12.6. The van der Waals surface area contributed by atoms with Gasteiger partial charge in [0.15, 0.2) is 5.78 Å². The lowest BCUT2D eigenvalue weighted by molar-refractivity contribution is 0.0967. The van der Waals surface area contributed by atoms with Gasteiger partial charge < -0.3 is 5.73 Å². The zero-order valence-electron chi connectivity index (χ0n) is 7.37. The highest BCUT2D eigenvalue weighted by Crippen LogP contribution is 2.08. The van der Waals surface area contributed by atoms with Gasteiger partial charge in [0.1, 0.15) is 0 Å². The summed E-state index contributed by atoms with van der Waals surface area (Å²) in [5, 5.41) is 0. The van der Waals surface area contributed by atoms with Gasteiger partial charge in [-0.15, -0.1) is 0 Å². The van der Waals surface area contributed by atoms with Crippen molar-refractivity contribution in [1.82, 2.24) is 0 Å². The molecular formula is C10H13NO. The summed E-state index contributed by atoms with van der Waals surface area (Å²) in [5.74, 6) is 0.00750. The Labute approximate surface area is 72.4 Å². The molecular weight excluding hydrogens is 150 g/mol. The van der Waals surface area contributed by atoms with E-state index >= 15 is 0 Å². The number of ketones is 1. The van der Waals surface area contributed by atoms with Crippen LogP contribution in [0.4, 0.5) is 0 Å². The van der Waals surface area contributed by atoms with E-state index in [0.29, 0.717) is 0 Å². The lowest BCUT2D eigenvalue weighted by Gasteiger charge is -2.06. The van der Waals surface area contributed by atoms with Crippen molar-refractivity contribution in [3.05, 3.63) is 35.4 Å². The van der Waals surface area contributed by atoms with Gasteiger partial charge in [-0.05, 0) is 19.4 Å². The van der Waals surface area contributed by atoms with Gasteiger partial charge in [-0.3, -0.25) is 4.79 Å². The fraction of sp³-hybridized carbons (Fsp3) is 0.300. The van der Waals surface area contributed by atoms with Crippen LogP contribution in [0.3, 0.4) is 0 Å². The molecule has 1 aromatic carbocycles. The first-order chi connectivity index (χ1) is 5.63. The van der Waals surface area contributed by atoms with Crippen LogP contribution in [0.25, 0.3) is 0 Å². The Balaban J connectivity index is 3.03. The van der Waals surface area contributed by atoms with E-state index in [1.54, 1.807) is 13.0 Å². The molecule has 2 heteroatoms. The highest BCUT2D eigenvalue weighted by Gasteiger charge is 2.11. The lowest BCUT2D eigenvalue weighted by Crippen LogP contribution is -2.27. The second kappa shape index (κ2) is 3.50. The van der Waals surface area contributed by atoms with E-state index in [2.05, 4.69) is 0 Å². The number of hydrogen-bond acceptors (Lipinski definition) is 2. The molecule has 64 valence electrons. The van der Waals surface area contributed by atoms with Gasteiger partial charge in [-0.2, -0.15) is 0 Å². The van der Waals surface area contributed by atoms with E-state index in [9.17, 15) is 4.79 Å². The SMILES string of the molecule is Cc1ccccc1C(=O)C(C)N. The first kappa shape index (κ1) is 8.94. The van der Waals surface area contributed by atoms with Gasteiger partial charge >= 0.3 is 0 Å². The number of aryl methyl sites for hydroxylation is 1. The number of rotatable bonds is 2. The molecule has 0 aliphatic carbocycles. The fourth-order valence-electron chi connectivity index (χ4n) is 1.09. The predicted octanol–water partition coefficient (Wildman–Crippen LogP) is 1.52. The van der Waals surface area contributed by atoms with E-state index in [1.165, 1.54) is 0 Å². The summed E-state index contributed by atoms with van der Waals surface area (Å²) in [4.78, 5) is 11.4. The van der Waals surface area contributed by atoms with E-state index in [4.69, 9.17) is 5.73 Å². The minimum atomic E-state index is -0.411. The molecule has 0 bridgehead atoms. The van der Waals surface area contributed by atoms with Crippen molar-refractivity contribution in [2.75, 3.05) is 0 Å². The molecule has 2 nitrogen and oxygen atoms in total. The number of hydrogen-bond donors (Lipinski definition) is 1. The van der Waals surface area contributed by atoms with Crippen molar-refractivity contribution in [1.29, 1.82) is 0 Å². The summed E-state index contributed by atoms with van der Waals surface area (Å²) in [6.45, 7) is 3.62. The Morgan fingerprint density at radius 1 is 1.42 bits per heavy atom. The average molecular weight is 163 g/mol. The van der Waals surface area contributed by atoms with Gasteiger partial charge in [0, 0.05) is 5.56 Å². The second-order valence-corrected chi connectivity index (χ2v) is 2.97.